The number of ether oxygens (including phenoxy) is 6. The summed E-state index contributed by atoms with van der Waals surface area (Å²) in [5.74, 6) is -4.20. The van der Waals surface area contributed by atoms with Crippen molar-refractivity contribution in [1.82, 2.24) is 5.32 Å². The predicted octanol–water partition coefficient (Wildman–Crippen LogP) is 5.42. The Labute approximate surface area is 347 Å². The Kier molecular flexibility index (Phi) is 12.4. The summed E-state index contributed by atoms with van der Waals surface area (Å²) in [6.07, 6.45) is -5.51. The van der Waals surface area contributed by atoms with E-state index in [-0.39, 0.29) is 24.6 Å². The number of carbonyl (C=O) groups is 4. The third-order valence-electron chi connectivity index (χ3n) is 13.8. The number of benzene rings is 2. The molecule has 0 saturated heterocycles. The van der Waals surface area contributed by atoms with E-state index < -0.39 is 93.8 Å². The van der Waals surface area contributed by atoms with E-state index in [0.717, 1.165) is 0 Å². The van der Waals surface area contributed by atoms with Crippen LogP contribution < -0.4 is 5.32 Å². The first kappa shape index (κ1) is 44.6. The van der Waals surface area contributed by atoms with Gasteiger partial charge in [-0.2, -0.15) is 0 Å². The van der Waals surface area contributed by atoms with Gasteiger partial charge in [0, 0.05) is 38.9 Å². The number of hydrogen-bond acceptors (Lipinski definition) is 13. The Morgan fingerprint density at radius 3 is 2.12 bits per heavy atom. The van der Waals surface area contributed by atoms with Gasteiger partial charge in [0.2, 0.25) is 0 Å². The molecule has 3 N–H and O–H groups in total. The van der Waals surface area contributed by atoms with Crippen LogP contribution in [0.2, 0.25) is 0 Å². The number of fused-ring (bicyclic) bond motifs is 5. The minimum absolute atomic E-state index is 0.00758. The molecule has 0 aromatic heterocycles. The molecule has 11 unspecified atom stereocenters. The van der Waals surface area contributed by atoms with Gasteiger partial charge in [-0.25, -0.2) is 9.59 Å². The second-order valence-electron chi connectivity index (χ2n) is 18.4. The fourth-order valence-corrected chi connectivity index (χ4v) is 10.6. The van der Waals surface area contributed by atoms with Gasteiger partial charge >= 0.3 is 17.9 Å². The monoisotopic (exact) mass is 819 g/mol. The molecular formula is C46H61NO12. The molecule has 4 aliphatic rings. The summed E-state index contributed by atoms with van der Waals surface area (Å²) >= 11 is 0. The molecule has 11 atom stereocenters. The molecule has 13 heteroatoms. The van der Waals surface area contributed by atoms with Crippen molar-refractivity contribution in [3.8, 4) is 0 Å². The highest BCUT2D eigenvalue weighted by atomic mass is 16.6. The van der Waals surface area contributed by atoms with E-state index in [1.165, 1.54) is 21.1 Å². The Bertz CT molecular complexity index is 1930. The normalized spacial score (nSPS) is 33.5. The molecule has 0 heterocycles. The van der Waals surface area contributed by atoms with E-state index in [4.69, 9.17) is 28.4 Å². The van der Waals surface area contributed by atoms with E-state index in [0.29, 0.717) is 36.0 Å². The van der Waals surface area contributed by atoms with Crippen LogP contribution in [0.5, 0.6) is 0 Å². The van der Waals surface area contributed by atoms with Crippen LogP contribution in [0.25, 0.3) is 0 Å². The fraction of sp³-hybridized carbons (Fsp3) is 0.609. The van der Waals surface area contributed by atoms with Gasteiger partial charge in [-0.1, -0.05) is 62.4 Å². The van der Waals surface area contributed by atoms with E-state index in [9.17, 15) is 24.6 Å². The fourth-order valence-electron chi connectivity index (χ4n) is 10.6. The lowest BCUT2D eigenvalue weighted by molar-refractivity contribution is -0.298. The highest BCUT2D eigenvalue weighted by molar-refractivity contribution is 5.94. The minimum Gasteiger partial charge on any atom is -0.458 e. The zero-order valence-corrected chi connectivity index (χ0v) is 35.9. The molecule has 2 aromatic carbocycles. The average Bonchev–Trinajstić information content (AvgIpc) is 3.18. The van der Waals surface area contributed by atoms with Crippen LogP contribution in [0, 0.1) is 22.7 Å². The van der Waals surface area contributed by atoms with Gasteiger partial charge in [0.05, 0.1) is 41.4 Å². The lowest BCUT2D eigenvalue weighted by Gasteiger charge is -2.68. The quantitative estimate of drug-likeness (QED) is 0.107. The molecule has 4 aliphatic carbocycles. The third kappa shape index (κ3) is 7.67. The molecule has 0 aliphatic heterocycles. The first-order valence-electron chi connectivity index (χ1n) is 20.5. The summed E-state index contributed by atoms with van der Waals surface area (Å²) in [6, 6.07) is 16.3. The number of nitrogens with one attached hydrogen (secondary N) is 1. The summed E-state index contributed by atoms with van der Waals surface area (Å²) in [6.45, 7) is 13.9. The summed E-state index contributed by atoms with van der Waals surface area (Å²) in [5.41, 5.74) is -5.28. The molecule has 0 radical (unpaired) electrons. The largest absolute Gasteiger partial charge is 0.458 e. The zero-order chi connectivity index (χ0) is 43.3. The molecule has 3 saturated carbocycles. The Hall–Kier alpha value is -3.98. The number of methoxy groups -OCH3 is 2. The van der Waals surface area contributed by atoms with Crippen LogP contribution >= 0.6 is 0 Å². The van der Waals surface area contributed by atoms with Gasteiger partial charge < -0.3 is 38.6 Å². The van der Waals surface area contributed by atoms with Crippen molar-refractivity contribution in [2.75, 3.05) is 21.0 Å². The van der Waals surface area contributed by atoms with Gasteiger partial charge in [-0.15, -0.1) is 0 Å². The number of ketones is 1. The van der Waals surface area contributed by atoms with Crippen molar-refractivity contribution in [3.63, 3.8) is 0 Å². The summed E-state index contributed by atoms with van der Waals surface area (Å²) in [7, 11) is 2.92. The van der Waals surface area contributed by atoms with Crippen molar-refractivity contribution in [1.29, 1.82) is 0 Å². The highest BCUT2D eigenvalue weighted by Gasteiger charge is 2.77. The molecule has 3 fully saturated rings. The molecule has 2 bridgehead atoms. The van der Waals surface area contributed by atoms with Crippen LogP contribution in [0.1, 0.15) is 103 Å². The second kappa shape index (κ2) is 16.5. The summed E-state index contributed by atoms with van der Waals surface area (Å²) in [5, 5.41) is 28.6. The van der Waals surface area contributed by atoms with Crippen LogP contribution in [0.4, 0.5) is 0 Å². The van der Waals surface area contributed by atoms with E-state index in [2.05, 4.69) is 5.32 Å². The van der Waals surface area contributed by atoms with Crippen LogP contribution in [-0.2, 0) is 42.8 Å². The maximum absolute atomic E-state index is 15.6. The summed E-state index contributed by atoms with van der Waals surface area (Å²) < 4.78 is 37.3. The van der Waals surface area contributed by atoms with Crippen LogP contribution in [-0.4, -0.2) is 102 Å². The Balaban J connectivity index is 1.51. The van der Waals surface area contributed by atoms with E-state index in [1.807, 2.05) is 26.8 Å². The molecule has 59 heavy (non-hydrogen) atoms. The van der Waals surface area contributed by atoms with E-state index >= 15 is 4.79 Å². The van der Waals surface area contributed by atoms with Gasteiger partial charge in [-0.05, 0) is 82.7 Å². The van der Waals surface area contributed by atoms with Crippen molar-refractivity contribution < 1.29 is 57.8 Å². The van der Waals surface area contributed by atoms with Crippen molar-refractivity contribution in [3.05, 3.63) is 82.9 Å². The maximum atomic E-state index is 15.6. The standard InChI is InChI=1S/C46H61NO12/c1-26-31(57-41(52)35(49)34(28-17-13-11-14-18-28)47-25-56-42(3,4)5)24-46(53)39(58-40(51)29-19-15-12-16-20-29)37-44(8,38(50)36(55-10)33(26)43(46,6)7)32(54-9)23-30-21-22-45(30,37)59-27(2)48/h11-20,30-32,34-37,39,47,49,53H,21-25H2,1-10H3. The molecule has 0 spiro atoms. The number of hydrogen-bond donors (Lipinski definition) is 3. The number of aliphatic hydroxyl groups is 2. The molecule has 6 rings (SSSR count). The second-order valence-corrected chi connectivity index (χ2v) is 18.4. The Morgan fingerprint density at radius 2 is 1.58 bits per heavy atom. The van der Waals surface area contributed by atoms with Gasteiger partial charge in [0.25, 0.3) is 0 Å². The Morgan fingerprint density at radius 1 is 0.949 bits per heavy atom. The molecule has 2 aromatic rings. The van der Waals surface area contributed by atoms with Crippen molar-refractivity contribution in [2.45, 2.75) is 134 Å². The highest BCUT2D eigenvalue weighted by Crippen LogP contribution is 2.67. The first-order chi connectivity index (χ1) is 27.7. The topological polar surface area (TPSA) is 176 Å². The maximum Gasteiger partial charge on any atom is 0.338 e. The van der Waals surface area contributed by atoms with Crippen molar-refractivity contribution >= 4 is 23.7 Å². The lowest BCUT2D eigenvalue weighted by atomic mass is 9.41. The number of rotatable bonds is 12. The van der Waals surface area contributed by atoms with Gasteiger partial charge in [0.15, 0.2) is 11.9 Å². The van der Waals surface area contributed by atoms with E-state index in [1.54, 1.807) is 82.3 Å². The molecular weight excluding hydrogens is 759 g/mol. The lowest BCUT2D eigenvalue weighted by Crippen LogP contribution is -2.78. The van der Waals surface area contributed by atoms with Gasteiger partial charge in [0.1, 0.15) is 29.5 Å². The van der Waals surface area contributed by atoms with Crippen LogP contribution in [0.3, 0.4) is 0 Å². The summed E-state index contributed by atoms with van der Waals surface area (Å²) in [4.78, 5) is 57.2. The molecule has 322 valence electrons. The molecule has 0 amide bonds. The number of carbonyl (C=O) groups excluding carboxylic acids is 4. The smallest absolute Gasteiger partial charge is 0.338 e. The predicted molar refractivity (Wildman–Crippen MR) is 216 cm³/mol. The van der Waals surface area contributed by atoms with Gasteiger partial charge in [-0.3, -0.25) is 14.9 Å². The first-order valence-corrected chi connectivity index (χ1v) is 20.5. The SMILES string of the molecule is COC1C(=O)C2(C)C(OC)CC3CCC3(OC(C)=O)C2C(OC(=O)c2ccccc2)C2(O)CC(OC(=O)C(O)C(NCOC(C)(C)C)c3ccccc3)C(C)=C1C2(C)C. The minimum atomic E-state index is -2.11. The third-order valence-corrected chi connectivity index (χ3v) is 13.8. The number of Topliss-reactive ketones (excluding diaryl/α,β-unsaturated/α-hetero) is 1. The number of esters is 3. The average molecular weight is 820 g/mol. The van der Waals surface area contributed by atoms with Crippen molar-refractivity contribution in [2.24, 2.45) is 22.7 Å². The van der Waals surface area contributed by atoms with Crippen LogP contribution in [0.15, 0.2) is 71.8 Å². The zero-order valence-electron chi connectivity index (χ0n) is 35.9. The number of aliphatic hydroxyl groups excluding tert-OH is 1. The molecule has 13 nitrogen and oxygen atoms in total.